The number of hydrogen-bond donors (Lipinski definition) is 1. The van der Waals surface area contributed by atoms with Crippen LogP contribution >= 0.6 is 0 Å². The Morgan fingerprint density at radius 3 is 2.82 bits per heavy atom. The Morgan fingerprint density at radius 1 is 1.18 bits per heavy atom. The summed E-state index contributed by atoms with van der Waals surface area (Å²) in [5.74, 6) is 0.174. The molecular formula is C21H21N5O2. The number of hydrogen-bond acceptors (Lipinski definition) is 3. The number of benzene rings is 1. The lowest BCUT2D eigenvalue weighted by molar-refractivity contribution is -0.117. The van der Waals surface area contributed by atoms with Crippen LogP contribution in [-0.2, 0) is 17.9 Å². The zero-order valence-corrected chi connectivity index (χ0v) is 15.5. The van der Waals surface area contributed by atoms with Crippen LogP contribution in [0.25, 0.3) is 10.9 Å². The smallest absolute Gasteiger partial charge is 0.270 e. The number of carbonyl (C=O) groups excluding carboxylic acids is 2. The van der Waals surface area contributed by atoms with Gasteiger partial charge in [0.05, 0.1) is 30.7 Å². The average Bonchev–Trinajstić information content (AvgIpc) is 3.07. The van der Waals surface area contributed by atoms with Gasteiger partial charge in [0.2, 0.25) is 5.91 Å². The van der Waals surface area contributed by atoms with E-state index in [9.17, 15) is 9.59 Å². The molecule has 1 N–H and O–H groups in total. The minimum absolute atomic E-state index is 0.0130. The van der Waals surface area contributed by atoms with Crippen LogP contribution in [0.3, 0.4) is 0 Å². The van der Waals surface area contributed by atoms with E-state index in [-0.39, 0.29) is 17.2 Å². The van der Waals surface area contributed by atoms with Gasteiger partial charge in [-0.05, 0) is 30.4 Å². The van der Waals surface area contributed by atoms with Gasteiger partial charge in [0.25, 0.3) is 5.91 Å². The Morgan fingerprint density at radius 2 is 2.04 bits per heavy atom. The van der Waals surface area contributed by atoms with Crippen LogP contribution in [0.15, 0.2) is 36.5 Å². The summed E-state index contributed by atoms with van der Waals surface area (Å²) in [6.45, 7) is 2.52. The number of carbonyl (C=O) groups is 2. The van der Waals surface area contributed by atoms with Crippen molar-refractivity contribution in [2.75, 3.05) is 18.0 Å². The molecule has 3 aliphatic rings. The lowest BCUT2D eigenvalue weighted by atomic mass is 10.1. The number of aromatic amines is 1. The van der Waals surface area contributed by atoms with Crippen LogP contribution in [0.1, 0.15) is 35.4 Å². The normalized spacial score (nSPS) is 20.2. The standard InChI is InChI=1S/C21H21N5O2/c27-19-10-21(5-6-21)13-25(19)17-11-22-26-8-7-24(12-18(17)26)20(28)16-9-14-3-1-2-4-15(14)23-16/h1-4,9,11,23H,5-8,10,12-13H2. The highest BCUT2D eigenvalue weighted by Gasteiger charge is 2.52. The second-order valence-electron chi connectivity index (χ2n) is 8.35. The molecular weight excluding hydrogens is 354 g/mol. The van der Waals surface area contributed by atoms with Crippen molar-refractivity contribution in [2.45, 2.75) is 32.4 Å². The van der Waals surface area contributed by atoms with E-state index in [1.807, 2.05) is 44.8 Å². The molecule has 0 bridgehead atoms. The molecule has 1 spiro atoms. The van der Waals surface area contributed by atoms with Gasteiger partial charge in [-0.25, -0.2) is 0 Å². The number of amides is 2. The third kappa shape index (κ3) is 2.32. The molecule has 0 unspecified atom stereocenters. The van der Waals surface area contributed by atoms with Gasteiger partial charge in [-0.15, -0.1) is 0 Å². The quantitative estimate of drug-likeness (QED) is 0.748. The summed E-state index contributed by atoms with van der Waals surface area (Å²) >= 11 is 0. The molecule has 6 rings (SSSR count). The van der Waals surface area contributed by atoms with Gasteiger partial charge in [-0.2, -0.15) is 5.10 Å². The summed E-state index contributed by atoms with van der Waals surface area (Å²) in [6.07, 6.45) is 4.73. The fraction of sp³-hybridized carbons (Fsp3) is 0.381. The van der Waals surface area contributed by atoms with Crippen molar-refractivity contribution in [1.29, 1.82) is 0 Å². The summed E-state index contributed by atoms with van der Waals surface area (Å²) in [5.41, 5.74) is 3.61. The summed E-state index contributed by atoms with van der Waals surface area (Å²) in [5, 5.41) is 5.52. The first-order valence-corrected chi connectivity index (χ1v) is 9.84. The lowest BCUT2D eigenvalue weighted by Gasteiger charge is -2.29. The minimum atomic E-state index is -0.0130. The predicted octanol–water partition coefficient (Wildman–Crippen LogP) is 2.54. The number of H-pyrrole nitrogens is 1. The monoisotopic (exact) mass is 375 g/mol. The van der Waals surface area contributed by atoms with Crippen LogP contribution < -0.4 is 4.90 Å². The number of fused-ring (bicyclic) bond motifs is 2. The van der Waals surface area contributed by atoms with E-state index in [0.717, 1.165) is 41.7 Å². The topological polar surface area (TPSA) is 74.2 Å². The van der Waals surface area contributed by atoms with Crippen LogP contribution in [0.2, 0.25) is 0 Å². The number of nitrogens with zero attached hydrogens (tertiary/aromatic N) is 4. The number of nitrogens with one attached hydrogen (secondary N) is 1. The first-order valence-electron chi connectivity index (χ1n) is 9.84. The van der Waals surface area contributed by atoms with E-state index >= 15 is 0 Å². The predicted molar refractivity (Wildman–Crippen MR) is 104 cm³/mol. The van der Waals surface area contributed by atoms with E-state index in [1.54, 1.807) is 6.20 Å². The lowest BCUT2D eigenvalue weighted by Crippen LogP contribution is -2.39. The molecule has 7 nitrogen and oxygen atoms in total. The number of para-hydroxylation sites is 1. The first-order chi connectivity index (χ1) is 13.6. The molecule has 7 heteroatoms. The molecule has 0 atom stereocenters. The van der Waals surface area contributed by atoms with Crippen molar-refractivity contribution >= 4 is 28.4 Å². The summed E-state index contributed by atoms with van der Waals surface area (Å²) < 4.78 is 1.94. The molecule has 1 aliphatic carbocycles. The van der Waals surface area contributed by atoms with Gasteiger partial charge >= 0.3 is 0 Å². The van der Waals surface area contributed by atoms with Crippen molar-refractivity contribution in [2.24, 2.45) is 5.41 Å². The zero-order valence-electron chi connectivity index (χ0n) is 15.5. The molecule has 3 aromatic rings. The molecule has 1 saturated heterocycles. The SMILES string of the molecule is O=C(c1cc2ccccc2[nH]1)N1CCn2ncc(N3CC4(CC4)CC3=O)c2C1. The Kier molecular flexibility index (Phi) is 3.11. The molecule has 28 heavy (non-hydrogen) atoms. The second kappa shape index (κ2) is 5.47. The van der Waals surface area contributed by atoms with Crippen molar-refractivity contribution in [3.8, 4) is 0 Å². The molecule has 1 aromatic carbocycles. The number of anilines is 1. The summed E-state index contributed by atoms with van der Waals surface area (Å²) in [6, 6.07) is 9.81. The van der Waals surface area contributed by atoms with Gasteiger partial charge in [-0.1, -0.05) is 18.2 Å². The Labute approximate surface area is 161 Å². The van der Waals surface area contributed by atoms with Crippen LogP contribution in [-0.4, -0.2) is 44.6 Å². The van der Waals surface area contributed by atoms with E-state index in [0.29, 0.717) is 31.7 Å². The Balaban J connectivity index is 1.29. The summed E-state index contributed by atoms with van der Waals surface area (Å²) in [4.78, 5) is 32.6. The molecule has 2 fully saturated rings. The number of rotatable bonds is 2. The van der Waals surface area contributed by atoms with E-state index in [1.165, 1.54) is 0 Å². The maximum Gasteiger partial charge on any atom is 0.270 e. The van der Waals surface area contributed by atoms with Gasteiger partial charge < -0.3 is 14.8 Å². The highest BCUT2D eigenvalue weighted by Crippen LogP contribution is 2.54. The third-order valence-corrected chi connectivity index (χ3v) is 6.47. The summed E-state index contributed by atoms with van der Waals surface area (Å²) in [7, 11) is 0. The number of aromatic nitrogens is 3. The van der Waals surface area contributed by atoms with E-state index in [4.69, 9.17) is 0 Å². The molecule has 1 saturated carbocycles. The van der Waals surface area contributed by atoms with Crippen molar-refractivity contribution in [3.63, 3.8) is 0 Å². The molecule has 4 heterocycles. The first kappa shape index (κ1) is 15.9. The molecule has 2 aliphatic heterocycles. The van der Waals surface area contributed by atoms with Crippen LogP contribution in [0, 0.1) is 5.41 Å². The maximum absolute atomic E-state index is 13.1. The maximum atomic E-state index is 13.1. The Hall–Kier alpha value is -3.09. The van der Waals surface area contributed by atoms with Gasteiger partial charge in [0, 0.05) is 30.4 Å². The van der Waals surface area contributed by atoms with Gasteiger partial charge in [0.1, 0.15) is 5.69 Å². The third-order valence-electron chi connectivity index (χ3n) is 6.47. The van der Waals surface area contributed by atoms with Crippen molar-refractivity contribution in [1.82, 2.24) is 19.7 Å². The zero-order chi connectivity index (χ0) is 18.9. The van der Waals surface area contributed by atoms with E-state index < -0.39 is 0 Å². The van der Waals surface area contributed by atoms with Crippen LogP contribution in [0.5, 0.6) is 0 Å². The Bertz CT molecular complexity index is 1090. The molecule has 142 valence electrons. The highest BCUT2D eigenvalue weighted by atomic mass is 16.2. The fourth-order valence-electron chi connectivity index (χ4n) is 4.62. The van der Waals surface area contributed by atoms with Gasteiger partial charge in [0.15, 0.2) is 0 Å². The van der Waals surface area contributed by atoms with Crippen molar-refractivity contribution < 1.29 is 9.59 Å². The average molecular weight is 375 g/mol. The van der Waals surface area contributed by atoms with Gasteiger partial charge in [-0.3, -0.25) is 14.3 Å². The molecule has 2 aromatic heterocycles. The second-order valence-corrected chi connectivity index (χ2v) is 8.35. The molecule has 2 amide bonds. The minimum Gasteiger partial charge on any atom is -0.351 e. The fourth-order valence-corrected chi connectivity index (χ4v) is 4.62. The highest BCUT2D eigenvalue weighted by molar-refractivity contribution is 5.99. The largest absolute Gasteiger partial charge is 0.351 e. The van der Waals surface area contributed by atoms with E-state index in [2.05, 4.69) is 10.1 Å². The van der Waals surface area contributed by atoms with Crippen molar-refractivity contribution in [3.05, 3.63) is 47.9 Å². The molecule has 0 radical (unpaired) electrons. The van der Waals surface area contributed by atoms with Crippen LogP contribution in [0.4, 0.5) is 5.69 Å².